The highest BCUT2D eigenvalue weighted by Crippen LogP contribution is 2.31. The number of imidazole rings is 1. The normalized spacial score (nSPS) is 16.7. The van der Waals surface area contributed by atoms with Crippen molar-refractivity contribution in [3.8, 4) is 0 Å². The zero-order chi connectivity index (χ0) is 21.9. The van der Waals surface area contributed by atoms with Crippen LogP contribution in [-0.4, -0.2) is 69.0 Å². The average molecular weight is 452 g/mol. The molecule has 0 bridgehead atoms. The van der Waals surface area contributed by atoms with E-state index in [1.54, 1.807) is 12.4 Å². The summed E-state index contributed by atoms with van der Waals surface area (Å²) in [5, 5.41) is 6.68. The fourth-order valence-corrected chi connectivity index (χ4v) is 4.08. The predicted molar refractivity (Wildman–Crippen MR) is 123 cm³/mol. The van der Waals surface area contributed by atoms with Gasteiger partial charge in [0, 0.05) is 55.1 Å². The van der Waals surface area contributed by atoms with E-state index in [0.717, 1.165) is 49.6 Å². The van der Waals surface area contributed by atoms with Gasteiger partial charge in [-0.25, -0.2) is 4.98 Å². The third-order valence-corrected chi connectivity index (χ3v) is 6.27. The highest BCUT2D eigenvalue weighted by molar-refractivity contribution is 7.99. The fourth-order valence-electron chi connectivity index (χ4n) is 3.34. The summed E-state index contributed by atoms with van der Waals surface area (Å²) in [6.45, 7) is 3.65. The lowest BCUT2D eigenvalue weighted by Crippen LogP contribution is -2.45. The van der Waals surface area contributed by atoms with Gasteiger partial charge in [0.05, 0.1) is 0 Å². The molecule has 5 rings (SSSR count). The van der Waals surface area contributed by atoms with Crippen molar-refractivity contribution < 1.29 is 4.79 Å². The first-order chi connectivity index (χ1) is 15.6. The van der Waals surface area contributed by atoms with Crippen LogP contribution in [0.3, 0.4) is 0 Å². The third kappa shape index (κ3) is 5.17. The van der Waals surface area contributed by atoms with Gasteiger partial charge in [-0.15, -0.1) is 0 Å². The van der Waals surface area contributed by atoms with Gasteiger partial charge in [0.15, 0.2) is 5.16 Å². The smallest absolute Gasteiger partial charge is 0.235 e. The molecule has 2 fully saturated rings. The minimum absolute atomic E-state index is 0.105. The molecule has 1 saturated carbocycles. The van der Waals surface area contributed by atoms with E-state index in [4.69, 9.17) is 4.98 Å². The summed E-state index contributed by atoms with van der Waals surface area (Å²) in [6, 6.07) is 7.75. The number of H-pyrrole nitrogens is 1. The van der Waals surface area contributed by atoms with Gasteiger partial charge < -0.3 is 20.1 Å². The van der Waals surface area contributed by atoms with Crippen LogP contribution in [0.2, 0.25) is 0 Å². The van der Waals surface area contributed by atoms with Crippen LogP contribution in [0, 0.1) is 5.92 Å². The molecule has 2 aromatic heterocycles. The van der Waals surface area contributed by atoms with Crippen molar-refractivity contribution in [3.63, 3.8) is 0 Å². The monoisotopic (exact) mass is 451 g/mol. The number of aromatic amines is 1. The zero-order valence-corrected chi connectivity index (χ0v) is 18.6. The molecule has 32 heavy (non-hydrogen) atoms. The fraction of sp³-hybridized carbons (Fsp3) is 0.381. The van der Waals surface area contributed by atoms with Crippen LogP contribution in [-0.2, 0) is 4.79 Å². The Hall–Kier alpha value is -3.18. The minimum atomic E-state index is 0.105. The maximum absolute atomic E-state index is 12.0. The molecule has 11 heteroatoms. The van der Waals surface area contributed by atoms with Crippen molar-refractivity contribution in [2.75, 3.05) is 48.8 Å². The number of carbonyl (C=O) groups excluding carboxylic acids is 1. The number of hydrogen-bond acceptors (Lipinski definition) is 9. The Labute approximate surface area is 190 Å². The summed E-state index contributed by atoms with van der Waals surface area (Å²) in [4.78, 5) is 38.5. The van der Waals surface area contributed by atoms with Crippen molar-refractivity contribution in [2.24, 2.45) is 5.92 Å². The molecule has 2 aliphatic rings. The van der Waals surface area contributed by atoms with E-state index in [2.05, 4.69) is 47.4 Å². The Kier molecular flexibility index (Phi) is 5.91. The molecular weight excluding hydrogens is 426 g/mol. The van der Waals surface area contributed by atoms with E-state index < -0.39 is 0 Å². The highest BCUT2D eigenvalue weighted by atomic mass is 32.2. The molecule has 3 heterocycles. The summed E-state index contributed by atoms with van der Waals surface area (Å²) in [7, 11) is 2.12. The number of amides is 1. The number of carbonyl (C=O) groups is 1. The summed E-state index contributed by atoms with van der Waals surface area (Å²) in [5.74, 6) is 1.96. The highest BCUT2D eigenvalue weighted by Gasteiger charge is 2.29. The number of nitrogens with zero attached hydrogens (tertiary/aromatic N) is 6. The van der Waals surface area contributed by atoms with Gasteiger partial charge in [-0.1, -0.05) is 0 Å². The summed E-state index contributed by atoms with van der Waals surface area (Å²) in [5.41, 5.74) is 0.806. The number of nitrogens with one attached hydrogen (secondary N) is 3. The lowest BCUT2D eigenvalue weighted by Gasteiger charge is -2.32. The van der Waals surface area contributed by atoms with Crippen LogP contribution in [0.25, 0.3) is 0 Å². The van der Waals surface area contributed by atoms with Gasteiger partial charge >= 0.3 is 0 Å². The van der Waals surface area contributed by atoms with Crippen molar-refractivity contribution in [2.45, 2.75) is 22.9 Å². The van der Waals surface area contributed by atoms with E-state index in [0.29, 0.717) is 23.0 Å². The number of likely N-dealkylation sites (N-methyl/N-ethyl adjacent to an activating group) is 1. The summed E-state index contributed by atoms with van der Waals surface area (Å²) < 4.78 is 0. The number of piperazine rings is 1. The maximum Gasteiger partial charge on any atom is 0.235 e. The van der Waals surface area contributed by atoms with E-state index in [1.807, 2.05) is 24.3 Å². The van der Waals surface area contributed by atoms with E-state index in [-0.39, 0.29) is 11.8 Å². The van der Waals surface area contributed by atoms with E-state index in [1.165, 1.54) is 11.8 Å². The topological polar surface area (TPSA) is 115 Å². The molecule has 0 radical (unpaired) electrons. The Bertz CT molecular complexity index is 1060. The van der Waals surface area contributed by atoms with Gasteiger partial charge in [-0.2, -0.15) is 15.0 Å². The number of rotatable bonds is 7. The van der Waals surface area contributed by atoms with Gasteiger partial charge in [0.1, 0.15) is 0 Å². The number of hydrogen-bond donors (Lipinski definition) is 3. The molecule has 1 amide bonds. The Morgan fingerprint density at radius 1 is 1.09 bits per heavy atom. The minimum Gasteiger partial charge on any atom is -0.338 e. The van der Waals surface area contributed by atoms with Gasteiger partial charge in [-0.05, 0) is 55.9 Å². The molecule has 10 nitrogen and oxygen atoms in total. The van der Waals surface area contributed by atoms with E-state index in [9.17, 15) is 4.79 Å². The SMILES string of the molecule is CN1CCN(c2nc(Nc3ncc[nH]3)nc(Sc3ccc(NC(=O)C4CC4)cc3)n2)CC1. The van der Waals surface area contributed by atoms with Crippen molar-refractivity contribution >= 4 is 41.2 Å². The molecule has 0 unspecified atom stereocenters. The van der Waals surface area contributed by atoms with Crippen LogP contribution in [0.15, 0.2) is 46.7 Å². The summed E-state index contributed by atoms with van der Waals surface area (Å²) >= 11 is 1.46. The number of anilines is 4. The standard InChI is InChI=1S/C21H25N9OS/c1-29-10-12-30(13-11-29)20-26-19(25-18-22-8-9-23-18)27-21(28-20)32-16-6-4-15(5-7-16)24-17(31)14-2-3-14/h4-9,14H,2-3,10-13H2,1H3,(H,24,31)(H2,22,23,25,26,27,28). The predicted octanol–water partition coefficient (Wildman–Crippen LogP) is 2.59. The molecule has 166 valence electrons. The Morgan fingerprint density at radius 3 is 2.56 bits per heavy atom. The van der Waals surface area contributed by atoms with Crippen LogP contribution in [0.5, 0.6) is 0 Å². The molecule has 1 aromatic carbocycles. The molecular formula is C21H25N9OS. The van der Waals surface area contributed by atoms with Crippen molar-refractivity contribution in [3.05, 3.63) is 36.7 Å². The molecule has 3 N–H and O–H groups in total. The lowest BCUT2D eigenvalue weighted by atomic mass is 10.3. The second kappa shape index (κ2) is 9.13. The van der Waals surface area contributed by atoms with E-state index >= 15 is 0 Å². The second-order valence-corrected chi connectivity index (χ2v) is 9.03. The van der Waals surface area contributed by atoms with Crippen molar-refractivity contribution in [1.82, 2.24) is 29.8 Å². The van der Waals surface area contributed by atoms with Gasteiger partial charge in [-0.3, -0.25) is 10.1 Å². The quantitative estimate of drug-likeness (QED) is 0.498. The number of aromatic nitrogens is 5. The van der Waals surface area contributed by atoms with Crippen LogP contribution >= 0.6 is 11.8 Å². The Morgan fingerprint density at radius 2 is 1.88 bits per heavy atom. The van der Waals surface area contributed by atoms with Crippen LogP contribution in [0.4, 0.5) is 23.5 Å². The first-order valence-electron chi connectivity index (χ1n) is 10.7. The third-order valence-electron chi connectivity index (χ3n) is 5.40. The molecule has 1 saturated heterocycles. The lowest BCUT2D eigenvalue weighted by molar-refractivity contribution is -0.117. The summed E-state index contributed by atoms with van der Waals surface area (Å²) in [6.07, 6.45) is 5.39. The first kappa shape index (κ1) is 20.7. The largest absolute Gasteiger partial charge is 0.338 e. The Balaban J connectivity index is 1.34. The second-order valence-electron chi connectivity index (χ2n) is 7.98. The van der Waals surface area contributed by atoms with Crippen LogP contribution < -0.4 is 15.5 Å². The number of benzene rings is 1. The molecule has 1 aliphatic heterocycles. The first-order valence-corrected chi connectivity index (χ1v) is 11.5. The average Bonchev–Trinajstić information content (AvgIpc) is 3.53. The van der Waals surface area contributed by atoms with Crippen LogP contribution in [0.1, 0.15) is 12.8 Å². The maximum atomic E-state index is 12.0. The molecule has 0 spiro atoms. The van der Waals surface area contributed by atoms with Gasteiger partial charge in [0.25, 0.3) is 0 Å². The zero-order valence-electron chi connectivity index (χ0n) is 17.8. The molecule has 1 aliphatic carbocycles. The van der Waals surface area contributed by atoms with Crippen molar-refractivity contribution in [1.29, 1.82) is 0 Å². The van der Waals surface area contributed by atoms with Gasteiger partial charge in [0.2, 0.25) is 23.8 Å². The molecule has 0 atom stereocenters. The molecule has 3 aromatic rings.